The van der Waals surface area contributed by atoms with Crippen LogP contribution in [0.4, 0.5) is 0 Å². The molecule has 7 aromatic rings. The van der Waals surface area contributed by atoms with Crippen LogP contribution >= 0.6 is 0 Å². The maximum absolute atomic E-state index is 5.31. The molecule has 5 heteroatoms. The van der Waals surface area contributed by atoms with E-state index in [1.807, 2.05) is 24.3 Å². The number of aromatic nitrogens is 4. The summed E-state index contributed by atoms with van der Waals surface area (Å²) in [5, 5.41) is 0. The van der Waals surface area contributed by atoms with Gasteiger partial charge in [-0.3, -0.25) is 0 Å². The van der Waals surface area contributed by atoms with Crippen LogP contribution in [0, 0.1) is 0 Å². The van der Waals surface area contributed by atoms with Crippen molar-refractivity contribution in [2.45, 2.75) is 0 Å². The van der Waals surface area contributed by atoms with Crippen molar-refractivity contribution in [3.63, 3.8) is 0 Å². The van der Waals surface area contributed by atoms with E-state index in [2.05, 4.69) is 146 Å². The summed E-state index contributed by atoms with van der Waals surface area (Å²) >= 11 is 0. The topological polar surface area (TPSA) is 54.0 Å². The Hall–Kier alpha value is -5.58. The van der Waals surface area contributed by atoms with Crippen molar-refractivity contribution >= 4 is 46.4 Å². The van der Waals surface area contributed by atoms with Crippen LogP contribution in [0.3, 0.4) is 0 Å². The van der Waals surface area contributed by atoms with E-state index >= 15 is 0 Å². The summed E-state index contributed by atoms with van der Waals surface area (Å²) in [6.45, 7) is 0. The first-order valence-corrected chi connectivity index (χ1v) is 16.1. The molecule has 2 aliphatic rings. The van der Waals surface area contributed by atoms with Crippen LogP contribution in [0.2, 0.25) is 0 Å². The van der Waals surface area contributed by atoms with Gasteiger partial charge in [-0.1, -0.05) is 146 Å². The van der Waals surface area contributed by atoms with E-state index in [-0.39, 0.29) is 27.7 Å². The Balaban J connectivity index is 0.00000348. The van der Waals surface area contributed by atoms with Gasteiger partial charge in [-0.25, -0.2) is 9.97 Å². The molecule has 49 heavy (non-hydrogen) atoms. The van der Waals surface area contributed by atoms with Crippen molar-refractivity contribution in [2.75, 3.05) is 0 Å². The molecule has 4 aromatic carbocycles. The third-order valence-corrected chi connectivity index (χ3v) is 8.86. The number of fused-ring (bicyclic) bond motifs is 8. The van der Waals surface area contributed by atoms with Crippen LogP contribution in [0.5, 0.6) is 0 Å². The average Bonchev–Trinajstić information content (AvgIpc) is 3.98. The largest absolute Gasteiger partial charge is 2.00 e. The second kappa shape index (κ2) is 13.1. The van der Waals surface area contributed by atoms with Gasteiger partial charge in [-0.2, -0.15) is 0 Å². The second-order valence-electron chi connectivity index (χ2n) is 11.8. The van der Waals surface area contributed by atoms with Crippen molar-refractivity contribution in [3.05, 3.63) is 168 Å². The van der Waals surface area contributed by atoms with Gasteiger partial charge in [0.15, 0.2) is 0 Å². The minimum atomic E-state index is 0. The predicted molar refractivity (Wildman–Crippen MR) is 199 cm³/mol. The number of rotatable bonds is 4. The summed E-state index contributed by atoms with van der Waals surface area (Å²) in [5.41, 5.74) is 15.0. The molecule has 0 spiro atoms. The average molecular weight is 813 g/mol. The third-order valence-electron chi connectivity index (χ3n) is 8.86. The third kappa shape index (κ3) is 5.68. The monoisotopic (exact) mass is 814 g/mol. The van der Waals surface area contributed by atoms with E-state index in [0.717, 1.165) is 89.4 Å². The van der Waals surface area contributed by atoms with E-state index in [9.17, 15) is 0 Å². The maximum Gasteiger partial charge on any atom is 2.00 e. The molecule has 0 unspecified atom stereocenters. The van der Waals surface area contributed by atoms with Gasteiger partial charge in [-0.15, -0.1) is 22.1 Å². The van der Waals surface area contributed by atoms with E-state index in [1.165, 1.54) is 0 Å². The van der Waals surface area contributed by atoms with Gasteiger partial charge in [-0.05, 0) is 68.8 Å². The SMILES string of the molecule is C1=Cc2nc1c(-c1ccccc1)c1ccc([n-]1)c(-c1ccccc1)c1nc(c(-c3ccccc3)c3ccc([n-]3)c2-c2ccccc2)C=C1.[Hg+2]. The number of hydrogen-bond acceptors (Lipinski definition) is 2. The Morgan fingerprint density at radius 3 is 0.735 bits per heavy atom. The molecular formula is C44H28HgN4. The molecule has 5 heterocycles. The molecule has 0 saturated carbocycles. The van der Waals surface area contributed by atoms with Gasteiger partial charge >= 0.3 is 27.7 Å². The van der Waals surface area contributed by atoms with Crippen molar-refractivity contribution < 1.29 is 27.7 Å². The fourth-order valence-corrected chi connectivity index (χ4v) is 6.69. The first-order valence-electron chi connectivity index (χ1n) is 16.1. The van der Waals surface area contributed by atoms with E-state index in [4.69, 9.17) is 19.9 Å². The van der Waals surface area contributed by atoms with Crippen molar-refractivity contribution in [1.29, 1.82) is 0 Å². The number of hydrogen-bond donors (Lipinski definition) is 0. The van der Waals surface area contributed by atoms with Crippen molar-refractivity contribution in [1.82, 2.24) is 19.9 Å². The molecule has 0 amide bonds. The van der Waals surface area contributed by atoms with Crippen LogP contribution in [0.15, 0.2) is 146 Å². The van der Waals surface area contributed by atoms with Gasteiger partial charge in [0.25, 0.3) is 0 Å². The second-order valence-corrected chi connectivity index (χ2v) is 11.8. The van der Waals surface area contributed by atoms with Gasteiger partial charge in [0.05, 0.1) is 22.8 Å². The van der Waals surface area contributed by atoms with Crippen LogP contribution in [0.25, 0.3) is 90.9 Å². The summed E-state index contributed by atoms with van der Waals surface area (Å²) in [6, 6.07) is 50.0. The van der Waals surface area contributed by atoms with Gasteiger partial charge in [0, 0.05) is 0 Å². The summed E-state index contributed by atoms with van der Waals surface area (Å²) in [4.78, 5) is 21.2. The van der Waals surface area contributed by atoms with Crippen LogP contribution in [-0.2, 0) is 27.7 Å². The smallest absolute Gasteiger partial charge is 0.657 e. The van der Waals surface area contributed by atoms with Crippen molar-refractivity contribution in [3.8, 4) is 44.5 Å². The molecule has 4 nitrogen and oxygen atoms in total. The van der Waals surface area contributed by atoms with Crippen LogP contribution in [-0.4, -0.2) is 9.97 Å². The molecule has 226 valence electrons. The zero-order valence-electron chi connectivity index (χ0n) is 26.7. The minimum Gasteiger partial charge on any atom is -0.657 e. The molecular weight excluding hydrogens is 785 g/mol. The van der Waals surface area contributed by atoms with Crippen molar-refractivity contribution in [2.24, 2.45) is 0 Å². The molecule has 0 aliphatic carbocycles. The molecule has 0 fully saturated rings. The Morgan fingerprint density at radius 1 is 0.286 bits per heavy atom. The zero-order valence-corrected chi connectivity index (χ0v) is 32.2. The molecule has 3 aromatic heterocycles. The summed E-state index contributed by atoms with van der Waals surface area (Å²) in [5.74, 6) is 0. The fourth-order valence-electron chi connectivity index (χ4n) is 6.69. The molecule has 0 saturated heterocycles. The fraction of sp³-hybridized carbons (Fsp3) is 0. The molecule has 2 aliphatic heterocycles. The first-order chi connectivity index (χ1) is 23.8. The Morgan fingerprint density at radius 2 is 0.510 bits per heavy atom. The van der Waals surface area contributed by atoms with E-state index < -0.39 is 0 Å². The minimum absolute atomic E-state index is 0. The Kier molecular flexibility index (Phi) is 8.24. The Labute approximate surface area is 305 Å². The van der Waals surface area contributed by atoms with Gasteiger partial charge in [0.1, 0.15) is 0 Å². The molecule has 8 bridgehead atoms. The predicted octanol–water partition coefficient (Wildman–Crippen LogP) is 10.6. The summed E-state index contributed by atoms with van der Waals surface area (Å²) in [7, 11) is 0. The van der Waals surface area contributed by atoms with Gasteiger partial charge in [0.2, 0.25) is 0 Å². The molecule has 0 N–H and O–H groups in total. The molecule has 0 atom stereocenters. The quantitative estimate of drug-likeness (QED) is 0.166. The van der Waals surface area contributed by atoms with Crippen LogP contribution in [0.1, 0.15) is 22.8 Å². The van der Waals surface area contributed by atoms with E-state index in [0.29, 0.717) is 0 Å². The zero-order chi connectivity index (χ0) is 31.9. The number of benzene rings is 4. The van der Waals surface area contributed by atoms with Crippen LogP contribution < -0.4 is 9.97 Å². The van der Waals surface area contributed by atoms with Gasteiger partial charge < -0.3 is 9.97 Å². The molecule has 0 radical (unpaired) electrons. The molecule has 9 rings (SSSR count). The normalized spacial score (nSPS) is 11.8. The van der Waals surface area contributed by atoms with E-state index in [1.54, 1.807) is 0 Å². The summed E-state index contributed by atoms with van der Waals surface area (Å²) < 4.78 is 0. The maximum atomic E-state index is 5.31. The summed E-state index contributed by atoms with van der Waals surface area (Å²) in [6.07, 6.45) is 8.41. The standard InChI is InChI=1S/C44H28N4.Hg/c1-5-13-29(14-6-1)41-33-21-23-35(45-33)42(30-15-7-2-8-16-30)37-25-27-39(47-37)44(32-19-11-4-12-20-32)40-28-26-38(48-40)43(31-17-9-3-10-18-31)36-24-22-34(41)46-36;/h1-28H;/q-2;+2. The number of nitrogens with zero attached hydrogens (tertiary/aromatic N) is 4. The Bertz CT molecular complexity index is 2180. The first kappa shape index (κ1) is 30.7.